The summed E-state index contributed by atoms with van der Waals surface area (Å²) in [6, 6.07) is 13.6. The number of benzene rings is 2. The molecule has 4 rings (SSSR count). The molecule has 0 aliphatic carbocycles. The van der Waals surface area contributed by atoms with Crippen LogP contribution in [0.2, 0.25) is 0 Å². The number of ether oxygens (including phenoxy) is 1. The number of nitrogens with zero attached hydrogens (tertiary/aromatic N) is 4. The van der Waals surface area contributed by atoms with Gasteiger partial charge in [0.15, 0.2) is 5.17 Å². The molecule has 8 heteroatoms. The highest BCUT2D eigenvalue weighted by molar-refractivity contribution is 8.13. The van der Waals surface area contributed by atoms with Gasteiger partial charge in [0.05, 0.1) is 18.6 Å². The molecule has 33 heavy (non-hydrogen) atoms. The molecule has 0 fully saturated rings. The Labute approximate surface area is 197 Å². The maximum atomic E-state index is 13.4. The van der Waals surface area contributed by atoms with E-state index in [9.17, 15) is 4.79 Å². The van der Waals surface area contributed by atoms with Crippen LogP contribution in [-0.4, -0.2) is 28.4 Å². The summed E-state index contributed by atoms with van der Waals surface area (Å²) in [7, 11) is 1.62. The van der Waals surface area contributed by atoms with Crippen LogP contribution >= 0.6 is 11.8 Å². The van der Waals surface area contributed by atoms with Crippen molar-refractivity contribution in [1.29, 1.82) is 0 Å². The predicted octanol–water partition coefficient (Wildman–Crippen LogP) is 5.50. The highest BCUT2D eigenvalue weighted by Gasteiger charge is 2.32. The van der Waals surface area contributed by atoms with Gasteiger partial charge in [0.25, 0.3) is 5.91 Å². The molecule has 0 saturated carbocycles. The molecule has 3 aromatic rings. The summed E-state index contributed by atoms with van der Waals surface area (Å²) in [4.78, 5) is 19.8. The van der Waals surface area contributed by atoms with Gasteiger partial charge in [-0.1, -0.05) is 43.8 Å². The summed E-state index contributed by atoms with van der Waals surface area (Å²) < 4.78 is 10.9. The number of hydrogen-bond acceptors (Lipinski definition) is 7. The number of rotatable bonds is 6. The Balaban J connectivity index is 1.66. The molecule has 1 aromatic heterocycles. The normalized spacial score (nSPS) is 15.0. The number of carbonyl (C=O) groups excluding carboxylic acids is 1. The van der Waals surface area contributed by atoms with Gasteiger partial charge in [-0.25, -0.2) is 4.99 Å². The first-order chi connectivity index (χ1) is 15.8. The summed E-state index contributed by atoms with van der Waals surface area (Å²) in [6.07, 6.45) is 1.79. The zero-order valence-corrected chi connectivity index (χ0v) is 20.1. The van der Waals surface area contributed by atoms with E-state index in [0.717, 1.165) is 28.1 Å². The van der Waals surface area contributed by atoms with Crippen LogP contribution in [0.4, 0.5) is 5.69 Å². The molecule has 1 aliphatic heterocycles. The molecule has 0 N–H and O–H groups in total. The summed E-state index contributed by atoms with van der Waals surface area (Å²) in [5, 5.41) is 8.79. The molecule has 2 heterocycles. The SMILES string of the molecule is COc1ccc(/C=C2\N=C(SCc3nnc(C(C)C)o3)N(c3cc(C)cc(C)c3)C2=O)cc1. The van der Waals surface area contributed by atoms with Crippen LogP contribution in [0.3, 0.4) is 0 Å². The topological polar surface area (TPSA) is 80.8 Å². The van der Waals surface area contributed by atoms with E-state index in [1.54, 1.807) is 18.1 Å². The fourth-order valence-electron chi connectivity index (χ4n) is 3.44. The first-order valence-electron chi connectivity index (χ1n) is 10.7. The highest BCUT2D eigenvalue weighted by atomic mass is 32.2. The molecule has 2 aromatic carbocycles. The Bertz CT molecular complexity index is 1210. The van der Waals surface area contributed by atoms with Gasteiger partial charge in [-0.15, -0.1) is 10.2 Å². The van der Waals surface area contributed by atoms with Crippen molar-refractivity contribution < 1.29 is 13.9 Å². The van der Waals surface area contributed by atoms with E-state index in [-0.39, 0.29) is 11.8 Å². The number of anilines is 1. The number of aryl methyl sites for hydroxylation is 2. The number of hydrogen-bond donors (Lipinski definition) is 0. The third kappa shape index (κ3) is 5.17. The molecule has 170 valence electrons. The summed E-state index contributed by atoms with van der Waals surface area (Å²) in [5.41, 5.74) is 4.18. The van der Waals surface area contributed by atoms with Crippen LogP contribution in [0.5, 0.6) is 5.75 Å². The van der Waals surface area contributed by atoms with E-state index >= 15 is 0 Å². The summed E-state index contributed by atoms with van der Waals surface area (Å²) in [5.74, 6) is 2.27. The number of methoxy groups -OCH3 is 1. The fraction of sp³-hybridized carbons (Fsp3) is 0.280. The van der Waals surface area contributed by atoms with Crippen molar-refractivity contribution in [3.05, 3.63) is 76.6 Å². The molecule has 0 bridgehead atoms. The van der Waals surface area contributed by atoms with Gasteiger partial charge >= 0.3 is 0 Å². The zero-order valence-electron chi connectivity index (χ0n) is 19.3. The maximum Gasteiger partial charge on any atom is 0.283 e. The van der Waals surface area contributed by atoms with Gasteiger partial charge < -0.3 is 9.15 Å². The number of carbonyl (C=O) groups is 1. The monoisotopic (exact) mass is 462 g/mol. The molecule has 0 atom stereocenters. The minimum absolute atomic E-state index is 0.160. The minimum Gasteiger partial charge on any atom is -0.497 e. The number of amidine groups is 1. The second-order valence-corrected chi connectivity index (χ2v) is 9.10. The van der Waals surface area contributed by atoms with Crippen molar-refractivity contribution in [2.45, 2.75) is 39.4 Å². The maximum absolute atomic E-state index is 13.4. The van der Waals surface area contributed by atoms with Gasteiger partial charge in [-0.3, -0.25) is 9.69 Å². The number of thioether (sulfide) groups is 1. The fourth-order valence-corrected chi connectivity index (χ4v) is 4.29. The second-order valence-electron chi connectivity index (χ2n) is 8.16. The van der Waals surface area contributed by atoms with E-state index in [4.69, 9.17) is 9.15 Å². The van der Waals surface area contributed by atoms with Crippen molar-refractivity contribution in [3.8, 4) is 5.75 Å². The number of amides is 1. The van der Waals surface area contributed by atoms with Crippen LogP contribution in [0.15, 0.2) is 57.6 Å². The van der Waals surface area contributed by atoms with Crippen molar-refractivity contribution in [1.82, 2.24) is 10.2 Å². The summed E-state index contributed by atoms with van der Waals surface area (Å²) >= 11 is 1.40. The third-order valence-electron chi connectivity index (χ3n) is 5.01. The van der Waals surface area contributed by atoms with Crippen LogP contribution in [-0.2, 0) is 10.5 Å². The van der Waals surface area contributed by atoms with Crippen LogP contribution < -0.4 is 9.64 Å². The standard InChI is InChI=1S/C25H26N4O3S/c1-15(2)23-28-27-22(32-23)14-33-25-26-21(13-18-6-8-20(31-5)9-7-18)24(30)29(25)19-11-16(3)10-17(4)12-19/h6-13,15H,14H2,1-5H3/b21-13-. The average Bonchev–Trinajstić information content (AvgIpc) is 3.37. The minimum atomic E-state index is -0.174. The molecule has 7 nitrogen and oxygen atoms in total. The van der Waals surface area contributed by atoms with Crippen LogP contribution in [0.1, 0.15) is 48.2 Å². The van der Waals surface area contributed by atoms with Gasteiger partial charge in [0.2, 0.25) is 11.8 Å². The first kappa shape index (κ1) is 22.8. The van der Waals surface area contributed by atoms with Crippen molar-refractivity contribution in [3.63, 3.8) is 0 Å². The Hall–Kier alpha value is -3.39. The molecule has 0 saturated heterocycles. The number of aromatic nitrogens is 2. The predicted molar refractivity (Wildman–Crippen MR) is 131 cm³/mol. The quantitative estimate of drug-likeness (QED) is 0.450. The lowest BCUT2D eigenvalue weighted by atomic mass is 10.1. The van der Waals surface area contributed by atoms with E-state index < -0.39 is 0 Å². The Kier molecular flexibility index (Phi) is 6.65. The third-order valence-corrected chi connectivity index (χ3v) is 5.94. The van der Waals surface area contributed by atoms with Gasteiger partial charge in [-0.2, -0.15) is 0 Å². The first-order valence-corrected chi connectivity index (χ1v) is 11.6. The van der Waals surface area contributed by atoms with Crippen molar-refractivity contribution in [2.24, 2.45) is 4.99 Å². The lowest BCUT2D eigenvalue weighted by Gasteiger charge is -2.18. The zero-order chi connectivity index (χ0) is 23.5. The molecule has 1 amide bonds. The number of aliphatic imine (C=N–C) groups is 1. The van der Waals surface area contributed by atoms with Gasteiger partial charge in [0, 0.05) is 5.92 Å². The Morgan fingerprint density at radius 2 is 1.79 bits per heavy atom. The van der Waals surface area contributed by atoms with E-state index in [1.807, 2.05) is 64.1 Å². The van der Waals surface area contributed by atoms with Crippen LogP contribution in [0.25, 0.3) is 6.08 Å². The smallest absolute Gasteiger partial charge is 0.283 e. The van der Waals surface area contributed by atoms with Crippen molar-refractivity contribution >= 4 is 34.6 Å². The Morgan fingerprint density at radius 1 is 1.09 bits per heavy atom. The Morgan fingerprint density at radius 3 is 2.39 bits per heavy atom. The highest BCUT2D eigenvalue weighted by Crippen LogP contribution is 2.32. The lowest BCUT2D eigenvalue weighted by Crippen LogP contribution is -2.30. The molecular weight excluding hydrogens is 436 g/mol. The van der Waals surface area contributed by atoms with E-state index in [1.165, 1.54) is 11.8 Å². The molecule has 1 aliphatic rings. The van der Waals surface area contributed by atoms with E-state index in [0.29, 0.717) is 28.4 Å². The summed E-state index contributed by atoms with van der Waals surface area (Å²) in [6.45, 7) is 8.03. The van der Waals surface area contributed by atoms with Gasteiger partial charge in [0.1, 0.15) is 11.4 Å². The second kappa shape index (κ2) is 9.62. The molecule has 0 spiro atoms. The molecule has 0 radical (unpaired) electrons. The van der Waals surface area contributed by atoms with Crippen LogP contribution in [0, 0.1) is 13.8 Å². The average molecular weight is 463 g/mol. The molecular formula is C25H26N4O3S. The lowest BCUT2D eigenvalue weighted by molar-refractivity contribution is -0.113. The van der Waals surface area contributed by atoms with E-state index in [2.05, 4.69) is 21.3 Å². The largest absolute Gasteiger partial charge is 0.497 e. The van der Waals surface area contributed by atoms with Crippen molar-refractivity contribution in [2.75, 3.05) is 12.0 Å². The van der Waals surface area contributed by atoms with Gasteiger partial charge in [-0.05, 0) is 60.9 Å². The molecule has 0 unspecified atom stereocenters.